The van der Waals surface area contributed by atoms with E-state index >= 15 is 0 Å². The molecular weight excluding hydrogens is 423 g/mol. The number of likely N-dealkylation sites (N-methyl/N-ethyl adjacent to an activating group) is 1. The largest absolute Gasteiger partial charge is 0.373 e. The van der Waals surface area contributed by atoms with Crippen molar-refractivity contribution < 1.29 is 22.7 Å². The van der Waals surface area contributed by atoms with Gasteiger partial charge in [0.1, 0.15) is 11.5 Å². The van der Waals surface area contributed by atoms with Crippen LogP contribution in [-0.2, 0) is 11.3 Å². The zero-order valence-electron chi connectivity index (χ0n) is 17.2. The number of aromatic nitrogens is 2. The van der Waals surface area contributed by atoms with Crippen LogP contribution in [0, 0.1) is 24.4 Å². The maximum absolute atomic E-state index is 14.1. The van der Waals surface area contributed by atoms with Crippen molar-refractivity contribution in [2.45, 2.75) is 19.6 Å². The Morgan fingerprint density at radius 2 is 1.75 bits per heavy atom. The third kappa shape index (κ3) is 3.08. The van der Waals surface area contributed by atoms with Crippen LogP contribution in [0.5, 0.6) is 0 Å². The van der Waals surface area contributed by atoms with Gasteiger partial charge in [-0.15, -0.1) is 0 Å². The van der Waals surface area contributed by atoms with Crippen LogP contribution < -0.4 is 5.56 Å². The molecule has 2 aromatic heterocycles. The maximum Gasteiger partial charge on any atom is 0.270 e. The van der Waals surface area contributed by atoms with Crippen LogP contribution in [0.25, 0.3) is 21.7 Å². The number of ether oxygens (including phenoxy) is 1. The average Bonchev–Trinajstić information content (AvgIpc) is 3.18. The fourth-order valence-corrected chi connectivity index (χ4v) is 4.37. The Morgan fingerprint density at radius 1 is 1.03 bits per heavy atom. The van der Waals surface area contributed by atoms with E-state index in [0.29, 0.717) is 22.3 Å². The van der Waals surface area contributed by atoms with Crippen molar-refractivity contribution in [3.05, 3.63) is 80.7 Å². The van der Waals surface area contributed by atoms with Crippen LogP contribution >= 0.6 is 0 Å². The summed E-state index contributed by atoms with van der Waals surface area (Å²) in [6, 6.07) is 5.51. The molecule has 2 aromatic carbocycles. The quantitative estimate of drug-likeness (QED) is 0.492. The van der Waals surface area contributed by atoms with E-state index in [9.17, 15) is 22.8 Å². The SMILES string of the molecule is Cc1cc(F)cc2[nH]c(C(=O)N(C)C3COCc4[nH]c(=O)c5cc(F)c(F)cc5c43)cc12. The molecule has 0 fully saturated rings. The smallest absolute Gasteiger partial charge is 0.270 e. The minimum absolute atomic E-state index is 0.00730. The number of nitrogens with one attached hydrogen (secondary N) is 2. The summed E-state index contributed by atoms with van der Waals surface area (Å²) in [5.41, 5.74) is 1.76. The molecule has 32 heavy (non-hydrogen) atoms. The lowest BCUT2D eigenvalue weighted by Gasteiger charge is -2.33. The third-order valence-electron chi connectivity index (χ3n) is 5.97. The topological polar surface area (TPSA) is 78.2 Å². The second kappa shape index (κ2) is 7.23. The van der Waals surface area contributed by atoms with Gasteiger partial charge in [-0.2, -0.15) is 0 Å². The molecule has 1 unspecified atom stereocenters. The van der Waals surface area contributed by atoms with Crippen LogP contribution in [0.4, 0.5) is 13.2 Å². The van der Waals surface area contributed by atoms with Gasteiger partial charge in [-0.05, 0) is 48.2 Å². The molecule has 6 nitrogen and oxygen atoms in total. The van der Waals surface area contributed by atoms with Gasteiger partial charge < -0.3 is 19.6 Å². The summed E-state index contributed by atoms with van der Waals surface area (Å²) in [7, 11) is 1.56. The Kier molecular flexibility index (Phi) is 4.59. The molecule has 2 N–H and O–H groups in total. The number of benzene rings is 2. The Labute approximate surface area is 179 Å². The number of fused-ring (bicyclic) bond motifs is 4. The summed E-state index contributed by atoms with van der Waals surface area (Å²) in [5.74, 6) is -3.03. The fraction of sp³-hybridized carbons (Fsp3) is 0.217. The number of carbonyl (C=O) groups is 1. The molecular formula is C23H18F3N3O3. The average molecular weight is 441 g/mol. The first-order valence-corrected chi connectivity index (χ1v) is 9.92. The van der Waals surface area contributed by atoms with Crippen molar-refractivity contribution >= 4 is 27.6 Å². The number of amides is 1. The predicted molar refractivity (Wildman–Crippen MR) is 112 cm³/mol. The summed E-state index contributed by atoms with van der Waals surface area (Å²) >= 11 is 0. The molecule has 9 heteroatoms. The Balaban J connectivity index is 1.62. The second-order valence-corrected chi connectivity index (χ2v) is 7.97. The van der Waals surface area contributed by atoms with Gasteiger partial charge in [0.05, 0.1) is 24.6 Å². The first-order valence-electron chi connectivity index (χ1n) is 9.92. The zero-order chi connectivity index (χ0) is 22.7. The van der Waals surface area contributed by atoms with E-state index in [1.54, 1.807) is 20.0 Å². The highest BCUT2D eigenvalue weighted by Crippen LogP contribution is 2.34. The second-order valence-electron chi connectivity index (χ2n) is 7.97. The molecule has 0 radical (unpaired) electrons. The molecule has 1 aliphatic rings. The maximum atomic E-state index is 14.1. The van der Waals surface area contributed by atoms with E-state index in [0.717, 1.165) is 17.5 Å². The van der Waals surface area contributed by atoms with Crippen LogP contribution in [-0.4, -0.2) is 34.4 Å². The van der Waals surface area contributed by atoms with Crippen molar-refractivity contribution in [2.24, 2.45) is 0 Å². The van der Waals surface area contributed by atoms with Gasteiger partial charge in [-0.3, -0.25) is 9.59 Å². The third-order valence-corrected chi connectivity index (χ3v) is 5.97. The fourth-order valence-electron chi connectivity index (χ4n) is 4.37. The van der Waals surface area contributed by atoms with E-state index < -0.39 is 35.0 Å². The highest BCUT2D eigenvalue weighted by atomic mass is 19.2. The number of halogens is 3. The molecule has 1 aliphatic heterocycles. The molecule has 0 aliphatic carbocycles. The zero-order valence-corrected chi connectivity index (χ0v) is 17.2. The van der Waals surface area contributed by atoms with Crippen LogP contribution in [0.1, 0.15) is 33.4 Å². The molecule has 164 valence electrons. The molecule has 0 spiro atoms. The minimum Gasteiger partial charge on any atom is -0.373 e. The van der Waals surface area contributed by atoms with E-state index in [1.807, 2.05) is 0 Å². The molecule has 1 amide bonds. The number of H-pyrrole nitrogens is 2. The highest BCUT2D eigenvalue weighted by Gasteiger charge is 2.32. The number of carbonyl (C=O) groups excluding carboxylic acids is 1. The van der Waals surface area contributed by atoms with Crippen molar-refractivity contribution in [1.82, 2.24) is 14.9 Å². The molecule has 1 atom stereocenters. The number of aryl methyl sites for hydroxylation is 1. The van der Waals surface area contributed by atoms with Crippen molar-refractivity contribution in [3.63, 3.8) is 0 Å². The number of pyridine rings is 1. The molecule has 3 heterocycles. The minimum atomic E-state index is -1.13. The van der Waals surface area contributed by atoms with Gasteiger partial charge >= 0.3 is 0 Å². The molecule has 4 aromatic rings. The summed E-state index contributed by atoms with van der Waals surface area (Å²) in [4.78, 5) is 32.7. The molecule has 5 rings (SSSR count). The van der Waals surface area contributed by atoms with Gasteiger partial charge in [0, 0.05) is 29.2 Å². The number of rotatable bonds is 2. The predicted octanol–water partition coefficient (Wildman–Crippen LogP) is 4.08. The molecule has 0 saturated heterocycles. The van der Waals surface area contributed by atoms with E-state index in [2.05, 4.69) is 9.97 Å². The van der Waals surface area contributed by atoms with Gasteiger partial charge in [-0.1, -0.05) is 0 Å². The summed E-state index contributed by atoms with van der Waals surface area (Å²) in [5, 5.41) is 0.938. The van der Waals surface area contributed by atoms with Crippen LogP contribution in [0.15, 0.2) is 35.1 Å². The van der Waals surface area contributed by atoms with Crippen molar-refractivity contribution in [3.8, 4) is 0 Å². The van der Waals surface area contributed by atoms with Crippen molar-refractivity contribution in [1.29, 1.82) is 0 Å². The normalized spacial score (nSPS) is 15.8. The van der Waals surface area contributed by atoms with Crippen LogP contribution in [0.2, 0.25) is 0 Å². The Bertz CT molecular complexity index is 1470. The Morgan fingerprint density at radius 3 is 2.50 bits per heavy atom. The van der Waals surface area contributed by atoms with Crippen molar-refractivity contribution in [2.75, 3.05) is 13.7 Å². The summed E-state index contributed by atoms with van der Waals surface area (Å²) in [6.45, 7) is 1.92. The standard InChI is InChI=1S/C23H18F3N3O3/c1-10-3-11(24)4-17-12(10)7-18(27-17)23(31)29(2)20-9-32-8-19-21(20)13-5-15(25)16(26)6-14(13)22(30)28-19/h3-7,20,27H,8-9H2,1-2H3,(H,28,30). The van der Waals surface area contributed by atoms with E-state index in [-0.39, 0.29) is 29.7 Å². The monoisotopic (exact) mass is 441 g/mol. The highest BCUT2D eigenvalue weighted by molar-refractivity contribution is 5.99. The lowest BCUT2D eigenvalue weighted by atomic mass is 9.95. The van der Waals surface area contributed by atoms with Gasteiger partial charge in [-0.25, -0.2) is 13.2 Å². The number of hydrogen-bond acceptors (Lipinski definition) is 3. The number of aromatic amines is 2. The number of hydrogen-bond donors (Lipinski definition) is 2. The lowest BCUT2D eigenvalue weighted by molar-refractivity contribution is 0.0333. The van der Waals surface area contributed by atoms with E-state index in [4.69, 9.17) is 4.74 Å². The lowest BCUT2D eigenvalue weighted by Crippen LogP contribution is -2.37. The Hall–Kier alpha value is -3.59. The first-order chi connectivity index (χ1) is 15.2. The van der Waals surface area contributed by atoms with E-state index in [1.165, 1.54) is 17.0 Å². The van der Waals surface area contributed by atoms with Gasteiger partial charge in [0.2, 0.25) is 0 Å². The molecule has 0 bridgehead atoms. The summed E-state index contributed by atoms with van der Waals surface area (Å²) in [6.07, 6.45) is 0. The summed E-state index contributed by atoms with van der Waals surface area (Å²) < 4.78 is 47.2. The van der Waals surface area contributed by atoms with Crippen LogP contribution in [0.3, 0.4) is 0 Å². The van der Waals surface area contributed by atoms with Gasteiger partial charge in [0.15, 0.2) is 11.6 Å². The molecule has 0 saturated carbocycles. The first kappa shape index (κ1) is 20.3. The van der Waals surface area contributed by atoms with Gasteiger partial charge in [0.25, 0.3) is 11.5 Å². The number of nitrogens with zero attached hydrogens (tertiary/aromatic N) is 1.